The molecule has 26 heavy (non-hydrogen) atoms. The van der Waals surface area contributed by atoms with E-state index in [1.165, 1.54) is 12.8 Å². The van der Waals surface area contributed by atoms with Crippen molar-refractivity contribution in [3.63, 3.8) is 0 Å². The number of carbonyl (C=O) groups is 1. The number of morpholine rings is 1. The van der Waals surface area contributed by atoms with Crippen LogP contribution in [0.4, 0.5) is 0 Å². The molecule has 2 unspecified atom stereocenters. The van der Waals surface area contributed by atoms with Crippen LogP contribution in [0.2, 0.25) is 0 Å². The Morgan fingerprint density at radius 1 is 1.00 bits per heavy atom. The van der Waals surface area contributed by atoms with Gasteiger partial charge in [0.15, 0.2) is 0 Å². The third-order valence-electron chi connectivity index (χ3n) is 6.08. The maximum absolute atomic E-state index is 12.7. The number of piperazine rings is 1. The molecule has 0 aliphatic carbocycles. The van der Waals surface area contributed by atoms with Crippen molar-refractivity contribution >= 4 is 30.7 Å². The molecule has 3 aliphatic heterocycles. The number of hydrogen-bond acceptors (Lipinski definition) is 5. The maximum Gasteiger partial charge on any atom is 0.242 e. The minimum Gasteiger partial charge on any atom is -0.375 e. The summed E-state index contributed by atoms with van der Waals surface area (Å²) in [4.78, 5) is 19.8. The first-order valence-corrected chi connectivity index (χ1v) is 9.68. The van der Waals surface area contributed by atoms with Crippen LogP contribution in [0.5, 0.6) is 0 Å². The van der Waals surface area contributed by atoms with Crippen LogP contribution in [0.25, 0.3) is 0 Å². The van der Waals surface area contributed by atoms with Gasteiger partial charge in [-0.2, -0.15) is 0 Å². The fourth-order valence-corrected chi connectivity index (χ4v) is 4.34. The second-order valence-electron chi connectivity index (χ2n) is 7.69. The van der Waals surface area contributed by atoms with E-state index in [4.69, 9.17) is 4.74 Å². The number of hydrogen-bond donors (Lipinski definition) is 1. The lowest BCUT2D eigenvalue weighted by Crippen LogP contribution is -2.60. The number of rotatable bonds is 4. The van der Waals surface area contributed by atoms with Crippen molar-refractivity contribution in [3.8, 4) is 0 Å². The molecule has 154 valence electrons. The molecule has 3 saturated heterocycles. The second kappa shape index (κ2) is 11.0. The van der Waals surface area contributed by atoms with Crippen molar-refractivity contribution in [1.82, 2.24) is 20.0 Å². The molecule has 4 atom stereocenters. The Bertz CT molecular complexity index is 425. The number of likely N-dealkylation sites (tertiary alicyclic amines) is 1. The first-order valence-electron chi connectivity index (χ1n) is 9.68. The second-order valence-corrected chi connectivity index (χ2v) is 7.69. The van der Waals surface area contributed by atoms with Gasteiger partial charge >= 0.3 is 0 Å². The molecule has 0 aromatic heterocycles. The van der Waals surface area contributed by atoms with Crippen LogP contribution >= 0.6 is 24.8 Å². The number of nitrogens with zero attached hydrogens (tertiary/aromatic N) is 3. The van der Waals surface area contributed by atoms with Crippen LogP contribution in [0.1, 0.15) is 33.6 Å². The summed E-state index contributed by atoms with van der Waals surface area (Å²) in [5.41, 5.74) is 0. The van der Waals surface area contributed by atoms with Gasteiger partial charge in [-0.1, -0.05) is 0 Å². The molecule has 0 aromatic rings. The first-order chi connectivity index (χ1) is 11.6. The van der Waals surface area contributed by atoms with Crippen LogP contribution in [-0.4, -0.2) is 97.3 Å². The van der Waals surface area contributed by atoms with E-state index in [2.05, 4.69) is 29.0 Å². The Kier molecular flexibility index (Phi) is 10.1. The molecular weight excluding hydrogens is 375 g/mol. The summed E-state index contributed by atoms with van der Waals surface area (Å²) in [6, 6.07) is 1.28. The van der Waals surface area contributed by atoms with Crippen molar-refractivity contribution in [1.29, 1.82) is 0 Å². The quantitative estimate of drug-likeness (QED) is 0.754. The minimum atomic E-state index is -0.170. The SMILES string of the molecule is CC1CCC(C)N1CCN1CCN(C(=O)[C@H]2NCCO[C@@H]2C)CC1.Cl.Cl. The maximum atomic E-state index is 12.7. The van der Waals surface area contributed by atoms with Gasteiger partial charge in [0.25, 0.3) is 0 Å². The van der Waals surface area contributed by atoms with Gasteiger partial charge < -0.3 is 15.0 Å². The molecule has 0 spiro atoms. The topological polar surface area (TPSA) is 48.0 Å². The third-order valence-corrected chi connectivity index (χ3v) is 6.08. The summed E-state index contributed by atoms with van der Waals surface area (Å²) in [7, 11) is 0. The van der Waals surface area contributed by atoms with Gasteiger partial charge in [0.2, 0.25) is 5.91 Å². The zero-order valence-corrected chi connectivity index (χ0v) is 18.0. The highest BCUT2D eigenvalue weighted by molar-refractivity contribution is 5.85. The third kappa shape index (κ3) is 5.69. The largest absolute Gasteiger partial charge is 0.375 e. The van der Waals surface area contributed by atoms with Crippen LogP contribution in [0, 0.1) is 0 Å². The Morgan fingerprint density at radius 3 is 2.19 bits per heavy atom. The van der Waals surface area contributed by atoms with Crippen molar-refractivity contribution in [2.45, 2.75) is 57.8 Å². The summed E-state index contributed by atoms with van der Waals surface area (Å²) in [6.45, 7) is 14.1. The standard InChI is InChI=1S/C18H34N4O2.2ClH/c1-14-4-5-15(2)22(14)12-9-20-7-10-21(11-8-20)18(23)17-16(3)24-13-6-19-17;;/h14-17,19H,4-13H2,1-3H3;2*1H/t14?,15?,16-,17+;;/m1../s1. The summed E-state index contributed by atoms with van der Waals surface area (Å²) in [5.74, 6) is 0.212. The lowest BCUT2D eigenvalue weighted by Gasteiger charge is -2.39. The summed E-state index contributed by atoms with van der Waals surface area (Å²) in [5, 5.41) is 3.31. The van der Waals surface area contributed by atoms with Crippen LogP contribution in [-0.2, 0) is 9.53 Å². The molecule has 3 aliphatic rings. The van der Waals surface area contributed by atoms with Gasteiger partial charge in [-0.25, -0.2) is 0 Å². The smallest absolute Gasteiger partial charge is 0.242 e. The van der Waals surface area contributed by atoms with Gasteiger partial charge in [0.05, 0.1) is 12.7 Å². The van der Waals surface area contributed by atoms with Crippen molar-refractivity contribution < 1.29 is 9.53 Å². The lowest BCUT2D eigenvalue weighted by atomic mass is 10.1. The molecule has 6 nitrogen and oxygen atoms in total. The van der Waals surface area contributed by atoms with Crippen molar-refractivity contribution in [3.05, 3.63) is 0 Å². The van der Waals surface area contributed by atoms with Gasteiger partial charge in [0, 0.05) is 57.9 Å². The normalized spacial score (nSPS) is 33.4. The van der Waals surface area contributed by atoms with Crippen molar-refractivity contribution in [2.24, 2.45) is 0 Å². The van der Waals surface area contributed by atoms with Crippen LogP contribution in [0.3, 0.4) is 0 Å². The average molecular weight is 411 g/mol. The van der Waals surface area contributed by atoms with E-state index in [9.17, 15) is 4.79 Å². The van der Waals surface area contributed by atoms with Gasteiger partial charge in [-0.05, 0) is 33.6 Å². The molecule has 8 heteroatoms. The summed E-state index contributed by atoms with van der Waals surface area (Å²) < 4.78 is 5.61. The number of nitrogens with one attached hydrogen (secondary N) is 1. The van der Waals surface area contributed by atoms with Crippen LogP contribution in [0.15, 0.2) is 0 Å². The molecule has 3 heterocycles. The van der Waals surface area contributed by atoms with Crippen molar-refractivity contribution in [2.75, 3.05) is 52.4 Å². The molecule has 3 rings (SSSR count). The zero-order chi connectivity index (χ0) is 17.1. The first kappa shape index (κ1) is 23.9. The highest BCUT2D eigenvalue weighted by atomic mass is 35.5. The Morgan fingerprint density at radius 2 is 1.62 bits per heavy atom. The highest BCUT2D eigenvalue weighted by Gasteiger charge is 2.33. The van der Waals surface area contributed by atoms with E-state index >= 15 is 0 Å². The molecular formula is C18H36Cl2N4O2. The van der Waals surface area contributed by atoms with Crippen LogP contribution < -0.4 is 5.32 Å². The van der Waals surface area contributed by atoms with E-state index in [0.717, 1.165) is 57.9 Å². The Labute approximate surface area is 170 Å². The van der Waals surface area contributed by atoms with E-state index in [0.29, 0.717) is 6.61 Å². The predicted molar refractivity (Wildman–Crippen MR) is 110 cm³/mol. The summed E-state index contributed by atoms with van der Waals surface area (Å²) >= 11 is 0. The molecule has 3 fully saturated rings. The van der Waals surface area contributed by atoms with E-state index in [1.807, 2.05) is 11.8 Å². The molecule has 0 radical (unpaired) electrons. The monoisotopic (exact) mass is 410 g/mol. The van der Waals surface area contributed by atoms with Gasteiger partial charge in [-0.3, -0.25) is 14.6 Å². The molecule has 1 amide bonds. The van der Waals surface area contributed by atoms with E-state index in [1.54, 1.807) is 0 Å². The number of amides is 1. The molecule has 0 bridgehead atoms. The predicted octanol–water partition coefficient (Wildman–Crippen LogP) is 1.22. The number of halogens is 2. The Balaban J connectivity index is 0.00000169. The highest BCUT2D eigenvalue weighted by Crippen LogP contribution is 2.23. The fourth-order valence-electron chi connectivity index (χ4n) is 4.34. The lowest BCUT2D eigenvalue weighted by molar-refractivity contribution is -0.141. The zero-order valence-electron chi connectivity index (χ0n) is 16.4. The van der Waals surface area contributed by atoms with E-state index in [-0.39, 0.29) is 42.9 Å². The van der Waals surface area contributed by atoms with Gasteiger partial charge in [-0.15, -0.1) is 24.8 Å². The average Bonchev–Trinajstić information content (AvgIpc) is 2.91. The van der Waals surface area contributed by atoms with Gasteiger partial charge in [0.1, 0.15) is 6.04 Å². The number of carbonyl (C=O) groups excluding carboxylic acids is 1. The number of ether oxygens (including phenoxy) is 1. The molecule has 0 aromatic carbocycles. The molecule has 1 N–H and O–H groups in total. The summed E-state index contributed by atoms with van der Waals surface area (Å²) in [6.07, 6.45) is 2.64. The molecule has 0 saturated carbocycles. The fraction of sp³-hybridized carbons (Fsp3) is 0.944. The minimum absolute atomic E-state index is 0. The van der Waals surface area contributed by atoms with E-state index < -0.39 is 0 Å². The Hall–Kier alpha value is -0.110.